The average molecular weight is 300 g/mol. The predicted octanol–water partition coefficient (Wildman–Crippen LogP) is 2.20. The monoisotopic (exact) mass is 300 g/mol. The number of rotatable bonds is 3. The van der Waals surface area contributed by atoms with E-state index in [9.17, 15) is 13.2 Å². The number of aromatic nitrogens is 2. The maximum atomic E-state index is 12.5. The van der Waals surface area contributed by atoms with Crippen molar-refractivity contribution < 1.29 is 13.2 Å². The van der Waals surface area contributed by atoms with Gasteiger partial charge in [-0.2, -0.15) is 0 Å². The van der Waals surface area contributed by atoms with Crippen molar-refractivity contribution in [2.45, 2.75) is 4.90 Å². The number of pyridine rings is 1. The van der Waals surface area contributed by atoms with Crippen molar-refractivity contribution >= 4 is 26.7 Å². The van der Waals surface area contributed by atoms with Gasteiger partial charge in [-0.1, -0.05) is 0 Å². The van der Waals surface area contributed by atoms with Crippen LogP contribution in [0.2, 0.25) is 0 Å². The number of hydrogen-bond donors (Lipinski definition) is 1. The van der Waals surface area contributed by atoms with E-state index in [-0.39, 0.29) is 10.7 Å². The minimum absolute atomic E-state index is 0.172. The van der Waals surface area contributed by atoms with E-state index in [1.807, 2.05) is 6.07 Å². The second-order valence-corrected chi connectivity index (χ2v) is 6.74. The van der Waals surface area contributed by atoms with Gasteiger partial charge in [-0.15, -0.1) is 0 Å². The molecule has 2 aromatic heterocycles. The second-order valence-electron chi connectivity index (χ2n) is 4.73. The molecule has 106 valence electrons. The Kier molecular flexibility index (Phi) is 3.10. The first-order valence-electron chi connectivity index (χ1n) is 6.24. The first kappa shape index (κ1) is 13.5. The summed E-state index contributed by atoms with van der Waals surface area (Å²) < 4.78 is 22.8. The number of benzene rings is 1. The number of sulfone groups is 1. The van der Waals surface area contributed by atoms with Crippen molar-refractivity contribution in [3.63, 3.8) is 0 Å². The lowest BCUT2D eigenvalue weighted by Crippen LogP contribution is -2.02. The Morgan fingerprint density at radius 2 is 1.86 bits per heavy atom. The molecule has 0 saturated carbocycles. The predicted molar refractivity (Wildman–Crippen MR) is 79.1 cm³/mol. The van der Waals surface area contributed by atoms with Crippen molar-refractivity contribution in [1.82, 2.24) is 9.97 Å². The topological polar surface area (TPSA) is 79.9 Å². The first-order chi connectivity index (χ1) is 9.97. The number of H-pyrrole nitrogens is 1. The van der Waals surface area contributed by atoms with Crippen molar-refractivity contribution in [3.8, 4) is 0 Å². The summed E-state index contributed by atoms with van der Waals surface area (Å²) in [4.78, 5) is 19.8. The van der Waals surface area contributed by atoms with Crippen LogP contribution in [-0.4, -0.2) is 30.4 Å². The molecule has 0 radical (unpaired) electrons. The molecule has 0 unspecified atom stereocenters. The van der Waals surface area contributed by atoms with Gasteiger partial charge < -0.3 is 4.98 Å². The zero-order chi connectivity index (χ0) is 15.0. The summed E-state index contributed by atoms with van der Waals surface area (Å²) in [6, 6.07) is 9.50. The maximum Gasteiger partial charge on any atom is 0.195 e. The Balaban J connectivity index is 2.03. The van der Waals surface area contributed by atoms with Crippen molar-refractivity contribution in [1.29, 1.82) is 0 Å². The largest absolute Gasteiger partial charge is 0.345 e. The lowest BCUT2D eigenvalue weighted by Gasteiger charge is -2.02. The number of carbonyl (C=O) groups excluding carboxylic acids is 1. The van der Waals surface area contributed by atoms with Crippen LogP contribution in [0.4, 0.5) is 0 Å². The maximum absolute atomic E-state index is 12.5. The van der Waals surface area contributed by atoms with Crippen LogP contribution >= 0.6 is 0 Å². The van der Waals surface area contributed by atoms with E-state index < -0.39 is 9.84 Å². The Morgan fingerprint density at radius 1 is 1.14 bits per heavy atom. The van der Waals surface area contributed by atoms with Gasteiger partial charge >= 0.3 is 0 Å². The third-order valence-corrected chi connectivity index (χ3v) is 4.37. The molecule has 3 rings (SSSR count). The Hall–Kier alpha value is -2.47. The van der Waals surface area contributed by atoms with Gasteiger partial charge in [0.25, 0.3) is 0 Å². The molecule has 21 heavy (non-hydrogen) atoms. The van der Waals surface area contributed by atoms with Crippen molar-refractivity contribution in [3.05, 3.63) is 59.9 Å². The summed E-state index contributed by atoms with van der Waals surface area (Å²) in [5.41, 5.74) is 1.60. The van der Waals surface area contributed by atoms with Crippen LogP contribution in [0.1, 0.15) is 15.9 Å². The minimum Gasteiger partial charge on any atom is -0.345 e. The SMILES string of the molecule is CS(=O)(=O)c1ccc(C(=O)c2c[nH]c3ncccc23)cc1. The first-order valence-corrected chi connectivity index (χ1v) is 8.13. The summed E-state index contributed by atoms with van der Waals surface area (Å²) in [6.07, 6.45) is 4.40. The summed E-state index contributed by atoms with van der Waals surface area (Å²) in [5, 5.41) is 0.745. The number of nitrogens with one attached hydrogen (secondary N) is 1. The van der Waals surface area contributed by atoms with Crippen LogP contribution in [0.15, 0.2) is 53.7 Å². The smallest absolute Gasteiger partial charge is 0.195 e. The molecule has 1 N–H and O–H groups in total. The molecule has 3 aromatic rings. The molecule has 0 aliphatic carbocycles. The van der Waals surface area contributed by atoms with Gasteiger partial charge in [0.1, 0.15) is 5.65 Å². The molecule has 0 spiro atoms. The molecule has 0 fully saturated rings. The lowest BCUT2D eigenvalue weighted by molar-refractivity contribution is 0.104. The molecule has 1 aromatic carbocycles. The van der Waals surface area contributed by atoms with Crippen molar-refractivity contribution in [2.75, 3.05) is 6.26 Å². The molecule has 5 nitrogen and oxygen atoms in total. The van der Waals surface area contributed by atoms with Crippen LogP contribution in [0.5, 0.6) is 0 Å². The van der Waals surface area contributed by atoms with E-state index in [0.717, 1.165) is 11.6 Å². The molecular weight excluding hydrogens is 288 g/mol. The van der Waals surface area contributed by atoms with Gasteiger partial charge in [0.15, 0.2) is 15.6 Å². The number of fused-ring (bicyclic) bond motifs is 1. The number of aromatic amines is 1. The molecule has 0 bridgehead atoms. The van der Waals surface area contributed by atoms with Crippen LogP contribution in [0.25, 0.3) is 11.0 Å². The highest BCUT2D eigenvalue weighted by atomic mass is 32.2. The minimum atomic E-state index is -3.26. The fourth-order valence-electron chi connectivity index (χ4n) is 2.15. The Morgan fingerprint density at radius 3 is 2.52 bits per heavy atom. The van der Waals surface area contributed by atoms with E-state index >= 15 is 0 Å². The fourth-order valence-corrected chi connectivity index (χ4v) is 2.78. The van der Waals surface area contributed by atoms with Crippen molar-refractivity contribution in [2.24, 2.45) is 0 Å². The molecule has 6 heteroatoms. The molecular formula is C15H12N2O3S. The third kappa shape index (κ3) is 2.45. The average Bonchev–Trinajstić information content (AvgIpc) is 2.90. The summed E-state index contributed by atoms with van der Waals surface area (Å²) in [7, 11) is -3.26. The number of carbonyl (C=O) groups is 1. The lowest BCUT2D eigenvalue weighted by atomic mass is 10.0. The number of nitrogens with zero attached hydrogens (tertiary/aromatic N) is 1. The zero-order valence-corrected chi connectivity index (χ0v) is 12.0. The molecule has 0 atom stereocenters. The molecule has 0 amide bonds. The zero-order valence-electron chi connectivity index (χ0n) is 11.2. The quantitative estimate of drug-likeness (QED) is 0.752. The van der Waals surface area contributed by atoms with Gasteiger partial charge in [0.05, 0.1) is 4.90 Å². The van der Waals surface area contributed by atoms with Gasteiger partial charge in [-0.05, 0) is 36.4 Å². The highest BCUT2D eigenvalue weighted by molar-refractivity contribution is 7.90. The number of hydrogen-bond acceptors (Lipinski definition) is 4. The second kappa shape index (κ2) is 4.82. The highest BCUT2D eigenvalue weighted by Gasteiger charge is 2.15. The summed E-state index contributed by atoms with van der Waals surface area (Å²) >= 11 is 0. The Bertz CT molecular complexity index is 925. The van der Waals surface area contributed by atoms with Crippen LogP contribution in [0.3, 0.4) is 0 Å². The number of ketones is 1. The highest BCUT2D eigenvalue weighted by Crippen LogP contribution is 2.20. The standard InChI is InChI=1S/C15H12N2O3S/c1-21(19,20)11-6-4-10(5-7-11)14(18)13-9-17-15-12(13)3-2-8-16-15/h2-9H,1H3,(H,16,17). The molecule has 0 aliphatic rings. The van der Waals surface area contributed by atoms with Gasteiger partial charge in [-0.3, -0.25) is 4.79 Å². The van der Waals surface area contributed by atoms with E-state index in [4.69, 9.17) is 0 Å². The van der Waals surface area contributed by atoms with Gasteiger partial charge in [0, 0.05) is 35.2 Å². The summed E-state index contributed by atoms with van der Waals surface area (Å²) in [5.74, 6) is -0.172. The van der Waals surface area contributed by atoms with Gasteiger partial charge in [0.2, 0.25) is 0 Å². The van der Waals surface area contributed by atoms with Crippen LogP contribution in [0, 0.1) is 0 Å². The normalized spacial score (nSPS) is 11.7. The summed E-state index contributed by atoms with van der Waals surface area (Å²) in [6.45, 7) is 0. The molecule has 0 saturated heterocycles. The fraction of sp³-hybridized carbons (Fsp3) is 0.0667. The Labute approximate surface area is 121 Å². The van der Waals surface area contributed by atoms with Crippen LogP contribution < -0.4 is 0 Å². The van der Waals surface area contributed by atoms with Gasteiger partial charge in [-0.25, -0.2) is 13.4 Å². The van der Waals surface area contributed by atoms with E-state index in [2.05, 4.69) is 9.97 Å². The van der Waals surface area contributed by atoms with E-state index in [0.29, 0.717) is 16.8 Å². The van der Waals surface area contributed by atoms with E-state index in [1.165, 1.54) is 24.3 Å². The van der Waals surface area contributed by atoms with E-state index in [1.54, 1.807) is 18.5 Å². The third-order valence-electron chi connectivity index (χ3n) is 3.24. The van der Waals surface area contributed by atoms with Crippen LogP contribution in [-0.2, 0) is 9.84 Å². The molecule has 2 heterocycles. The molecule has 0 aliphatic heterocycles.